The highest BCUT2D eigenvalue weighted by Gasteiger charge is 2.38. The standard InChI is InChI=1S/C21H20F2N6O5S.C2HF3O2/c1-13-19(21(30)27-14-10-25-28(11-14)8-9-34-35(24,31)32)29-7-3-6-18(20(29)26-13)33-12-15-16(22)4-2-5-17(15)23;3-2(4,5)1(6)7/h2-7,10-11H,8-9,12H2,1H3,(H,27,30)(H2,24,31,32);(H,6,7). The number of fused-ring (bicyclic) bond motifs is 1. The fourth-order valence-corrected chi connectivity index (χ4v) is 3.66. The third kappa shape index (κ3) is 8.44. The van der Waals surface area contributed by atoms with E-state index in [1.165, 1.54) is 27.5 Å². The first-order valence-corrected chi connectivity index (χ1v) is 12.9. The van der Waals surface area contributed by atoms with Gasteiger partial charge in [0.25, 0.3) is 5.91 Å². The molecule has 0 saturated heterocycles. The number of imidazole rings is 1. The van der Waals surface area contributed by atoms with Crippen LogP contribution in [0.2, 0.25) is 0 Å². The van der Waals surface area contributed by atoms with Gasteiger partial charge in [0.15, 0.2) is 11.4 Å². The molecule has 3 aromatic heterocycles. The van der Waals surface area contributed by atoms with Crippen molar-refractivity contribution in [1.82, 2.24) is 19.2 Å². The lowest BCUT2D eigenvalue weighted by molar-refractivity contribution is -0.192. The number of carboxylic acid groups (broad SMARTS) is 1. The SMILES string of the molecule is Cc1nc2c(OCc3c(F)cccc3F)cccn2c1C(=O)Nc1cnn(CCOS(N)(=O)=O)c1.O=C(O)C(F)(F)F. The van der Waals surface area contributed by atoms with Gasteiger partial charge in [0.1, 0.15) is 23.9 Å². The fraction of sp³-hybridized carbons (Fsp3) is 0.217. The molecule has 1 amide bonds. The molecule has 4 N–H and O–H groups in total. The number of halogens is 5. The summed E-state index contributed by atoms with van der Waals surface area (Å²) in [4.78, 5) is 26.3. The number of benzene rings is 1. The second kappa shape index (κ2) is 12.9. The summed E-state index contributed by atoms with van der Waals surface area (Å²) >= 11 is 0. The largest absolute Gasteiger partial charge is 0.490 e. The lowest BCUT2D eigenvalue weighted by Crippen LogP contribution is -2.21. The van der Waals surface area contributed by atoms with Crippen molar-refractivity contribution in [2.45, 2.75) is 26.3 Å². The Balaban J connectivity index is 0.000000616. The number of hydrogen-bond acceptors (Lipinski definition) is 8. The molecular formula is C23H21F5N6O7S. The Bertz CT molecular complexity index is 1690. The normalized spacial score (nSPS) is 11.6. The average Bonchev–Trinajstić information content (AvgIpc) is 3.46. The lowest BCUT2D eigenvalue weighted by Gasteiger charge is -2.09. The second-order valence-corrected chi connectivity index (χ2v) is 9.39. The summed E-state index contributed by atoms with van der Waals surface area (Å²) in [6.45, 7) is 1.14. The Morgan fingerprint density at radius 1 is 1.14 bits per heavy atom. The first-order valence-electron chi connectivity index (χ1n) is 11.4. The maximum atomic E-state index is 13.9. The Morgan fingerprint density at radius 3 is 2.38 bits per heavy atom. The smallest absolute Gasteiger partial charge is 0.485 e. The molecule has 0 aliphatic heterocycles. The van der Waals surface area contributed by atoms with Crippen molar-refractivity contribution < 1.29 is 54.0 Å². The van der Waals surface area contributed by atoms with E-state index in [9.17, 15) is 35.2 Å². The number of aryl methyl sites for hydroxylation is 1. The number of rotatable bonds is 9. The Hall–Kier alpha value is -4.62. The van der Waals surface area contributed by atoms with E-state index < -0.39 is 40.0 Å². The molecule has 0 fully saturated rings. The summed E-state index contributed by atoms with van der Waals surface area (Å²) in [5, 5.41) is 18.6. The first kappa shape index (κ1) is 31.9. The van der Waals surface area contributed by atoms with Gasteiger partial charge in [-0.3, -0.25) is 18.1 Å². The topological polar surface area (TPSA) is 180 Å². The molecule has 13 nitrogen and oxygen atoms in total. The number of ether oxygens (including phenoxy) is 1. The molecule has 4 rings (SSSR count). The molecule has 0 atom stereocenters. The van der Waals surface area contributed by atoms with Crippen LogP contribution in [0.3, 0.4) is 0 Å². The van der Waals surface area contributed by atoms with Crippen LogP contribution >= 0.6 is 0 Å². The van der Waals surface area contributed by atoms with Crippen LogP contribution in [0.4, 0.5) is 27.6 Å². The summed E-state index contributed by atoms with van der Waals surface area (Å²) in [6.07, 6.45) is -0.611. The van der Waals surface area contributed by atoms with Gasteiger partial charge >= 0.3 is 22.4 Å². The molecule has 0 radical (unpaired) electrons. The van der Waals surface area contributed by atoms with Crippen molar-refractivity contribution in [2.75, 3.05) is 11.9 Å². The highest BCUT2D eigenvalue weighted by atomic mass is 32.2. The number of nitrogens with one attached hydrogen (secondary N) is 1. The van der Waals surface area contributed by atoms with Crippen LogP contribution in [0.1, 0.15) is 21.7 Å². The van der Waals surface area contributed by atoms with Crippen LogP contribution in [0.5, 0.6) is 5.75 Å². The van der Waals surface area contributed by atoms with E-state index in [0.717, 1.165) is 12.1 Å². The number of alkyl halides is 3. The van der Waals surface area contributed by atoms with Crippen molar-refractivity contribution in [3.05, 3.63) is 77.5 Å². The van der Waals surface area contributed by atoms with Crippen molar-refractivity contribution in [3.8, 4) is 5.75 Å². The van der Waals surface area contributed by atoms with E-state index in [1.54, 1.807) is 25.3 Å². The molecule has 4 aromatic rings. The van der Waals surface area contributed by atoms with Crippen LogP contribution < -0.4 is 15.2 Å². The van der Waals surface area contributed by atoms with Gasteiger partial charge in [-0.05, 0) is 31.2 Å². The monoisotopic (exact) mass is 620 g/mol. The molecule has 42 heavy (non-hydrogen) atoms. The lowest BCUT2D eigenvalue weighted by atomic mass is 10.2. The molecule has 3 heterocycles. The molecule has 0 aliphatic rings. The number of carboxylic acids is 1. The number of aliphatic carboxylic acids is 1. The third-order valence-corrected chi connectivity index (χ3v) is 5.63. The fourth-order valence-electron chi connectivity index (χ4n) is 3.35. The predicted octanol–water partition coefficient (Wildman–Crippen LogP) is 2.80. The van der Waals surface area contributed by atoms with Crippen molar-refractivity contribution in [3.63, 3.8) is 0 Å². The van der Waals surface area contributed by atoms with Gasteiger partial charge in [0.05, 0.1) is 36.3 Å². The maximum absolute atomic E-state index is 13.9. The minimum atomic E-state index is -5.08. The molecule has 0 spiro atoms. The minimum absolute atomic E-state index is 0.0875. The van der Waals surface area contributed by atoms with Crippen molar-refractivity contribution in [2.24, 2.45) is 5.14 Å². The third-order valence-electron chi connectivity index (χ3n) is 5.14. The highest BCUT2D eigenvalue weighted by molar-refractivity contribution is 7.84. The number of carbonyl (C=O) groups is 2. The zero-order valence-electron chi connectivity index (χ0n) is 21.3. The summed E-state index contributed by atoms with van der Waals surface area (Å²) in [6, 6.07) is 6.73. The summed E-state index contributed by atoms with van der Waals surface area (Å²) in [5.41, 5.74) is 1.03. The van der Waals surface area contributed by atoms with E-state index in [1.807, 2.05) is 0 Å². The zero-order chi connectivity index (χ0) is 31.2. The number of anilines is 1. The Morgan fingerprint density at radius 2 is 1.79 bits per heavy atom. The summed E-state index contributed by atoms with van der Waals surface area (Å²) in [7, 11) is -4.06. The second-order valence-electron chi connectivity index (χ2n) is 8.16. The average molecular weight is 621 g/mol. The van der Waals surface area contributed by atoms with E-state index in [0.29, 0.717) is 17.0 Å². The minimum Gasteiger partial charge on any atom is -0.485 e. The van der Waals surface area contributed by atoms with Crippen LogP contribution in [-0.4, -0.2) is 57.3 Å². The number of carbonyl (C=O) groups excluding carboxylic acids is 1. The van der Waals surface area contributed by atoms with Crippen molar-refractivity contribution in [1.29, 1.82) is 0 Å². The maximum Gasteiger partial charge on any atom is 0.490 e. The van der Waals surface area contributed by atoms with Gasteiger partial charge < -0.3 is 15.2 Å². The predicted molar refractivity (Wildman–Crippen MR) is 134 cm³/mol. The van der Waals surface area contributed by atoms with Gasteiger partial charge in [-0.15, -0.1) is 0 Å². The van der Waals surface area contributed by atoms with E-state index >= 15 is 0 Å². The van der Waals surface area contributed by atoms with Crippen molar-refractivity contribution >= 4 is 33.5 Å². The molecule has 1 aromatic carbocycles. The zero-order valence-corrected chi connectivity index (χ0v) is 22.1. The van der Waals surface area contributed by atoms with E-state index in [2.05, 4.69) is 19.6 Å². The number of nitrogens with zero attached hydrogens (tertiary/aromatic N) is 4. The number of hydrogen-bond donors (Lipinski definition) is 3. The van der Waals surface area contributed by atoms with Crippen LogP contribution in [-0.2, 0) is 32.4 Å². The molecule has 0 unspecified atom stereocenters. The molecule has 226 valence electrons. The molecule has 19 heteroatoms. The van der Waals surface area contributed by atoms with Crippen LogP contribution in [0, 0.1) is 18.6 Å². The number of pyridine rings is 1. The van der Waals surface area contributed by atoms with Gasteiger partial charge in [-0.1, -0.05) is 6.07 Å². The number of amides is 1. The van der Waals surface area contributed by atoms with Gasteiger partial charge in [0.2, 0.25) is 0 Å². The molecular weight excluding hydrogens is 599 g/mol. The highest BCUT2D eigenvalue weighted by Crippen LogP contribution is 2.25. The quantitative estimate of drug-likeness (QED) is 0.237. The molecule has 0 aliphatic carbocycles. The van der Waals surface area contributed by atoms with Crippen LogP contribution in [0.15, 0.2) is 48.9 Å². The Kier molecular flexibility index (Phi) is 9.81. The van der Waals surface area contributed by atoms with E-state index in [4.69, 9.17) is 19.8 Å². The van der Waals surface area contributed by atoms with Crippen LogP contribution in [0.25, 0.3) is 5.65 Å². The van der Waals surface area contributed by atoms with Gasteiger partial charge in [0, 0.05) is 12.4 Å². The molecule has 0 saturated carbocycles. The number of aromatic nitrogens is 4. The summed E-state index contributed by atoms with van der Waals surface area (Å²) in [5.74, 6) is -4.47. The van der Waals surface area contributed by atoms with E-state index in [-0.39, 0.29) is 36.8 Å². The van der Waals surface area contributed by atoms with Gasteiger partial charge in [-0.25, -0.2) is 23.7 Å². The van der Waals surface area contributed by atoms with Gasteiger partial charge in [-0.2, -0.15) is 26.7 Å². The Labute approximate surface area is 233 Å². The first-order chi connectivity index (χ1) is 19.6. The number of nitrogens with two attached hydrogens (primary N) is 1. The summed E-state index contributed by atoms with van der Waals surface area (Å²) < 4.78 is 94.2. The molecule has 0 bridgehead atoms.